The molecule has 1 aliphatic rings. The number of carbonyl (C=O) groups excluding carboxylic acids is 1. The highest BCUT2D eigenvalue weighted by Gasteiger charge is 2.32. The van der Waals surface area contributed by atoms with Crippen LogP contribution in [0.15, 0.2) is 27.7 Å². The summed E-state index contributed by atoms with van der Waals surface area (Å²) in [6.45, 7) is 4.05. The molecule has 0 radical (unpaired) electrons. The van der Waals surface area contributed by atoms with Gasteiger partial charge in [-0.3, -0.25) is 4.79 Å². The molecule has 0 unspecified atom stereocenters. The van der Waals surface area contributed by atoms with Crippen molar-refractivity contribution >= 4 is 40.4 Å². The highest BCUT2D eigenvalue weighted by molar-refractivity contribution is 8.15. The van der Waals surface area contributed by atoms with Gasteiger partial charge in [-0.2, -0.15) is 5.10 Å². The summed E-state index contributed by atoms with van der Waals surface area (Å²) in [6.07, 6.45) is 1.69. The molecule has 1 amide bonds. The lowest BCUT2D eigenvalue weighted by atomic mass is 10.1. The van der Waals surface area contributed by atoms with Gasteiger partial charge in [-0.15, -0.1) is 16.4 Å². The van der Waals surface area contributed by atoms with Crippen LogP contribution in [-0.4, -0.2) is 22.5 Å². The average Bonchev–Trinajstić information content (AvgIpc) is 2.88. The van der Waals surface area contributed by atoms with Gasteiger partial charge >= 0.3 is 0 Å². The predicted octanol–water partition coefficient (Wildman–Crippen LogP) is 2.33. The van der Waals surface area contributed by atoms with Gasteiger partial charge in [0.25, 0.3) is 0 Å². The van der Waals surface area contributed by atoms with Crippen LogP contribution in [0.2, 0.25) is 0 Å². The van der Waals surface area contributed by atoms with Crippen molar-refractivity contribution in [2.24, 2.45) is 16.1 Å². The van der Waals surface area contributed by atoms with Gasteiger partial charge in [0.1, 0.15) is 0 Å². The summed E-state index contributed by atoms with van der Waals surface area (Å²) in [5.74, 6) is 0.323. The topological polar surface area (TPSA) is 53.8 Å². The lowest BCUT2D eigenvalue weighted by molar-refractivity contribution is -0.119. The molecule has 0 aliphatic carbocycles. The third-order valence-electron chi connectivity index (χ3n) is 2.21. The molecule has 6 heteroatoms. The molecule has 1 atom stereocenters. The van der Waals surface area contributed by atoms with Gasteiger partial charge in [0, 0.05) is 4.88 Å². The number of hydrogen-bond donors (Lipinski definition) is 1. The van der Waals surface area contributed by atoms with Crippen LogP contribution in [0.25, 0.3) is 0 Å². The summed E-state index contributed by atoms with van der Waals surface area (Å²) < 4.78 is 0. The highest BCUT2D eigenvalue weighted by atomic mass is 32.2. The van der Waals surface area contributed by atoms with E-state index in [0.29, 0.717) is 11.1 Å². The summed E-state index contributed by atoms with van der Waals surface area (Å²) in [5, 5.41) is 13.2. The summed E-state index contributed by atoms with van der Waals surface area (Å²) in [7, 11) is 0. The highest BCUT2D eigenvalue weighted by Crippen LogP contribution is 2.25. The van der Waals surface area contributed by atoms with Crippen molar-refractivity contribution in [2.45, 2.75) is 19.1 Å². The number of thioether (sulfide) groups is 1. The Balaban J connectivity index is 1.98. The summed E-state index contributed by atoms with van der Waals surface area (Å²) in [5.41, 5.74) is 0. The minimum atomic E-state index is -0.0503. The summed E-state index contributed by atoms with van der Waals surface area (Å²) in [6, 6.07) is 3.92. The van der Waals surface area contributed by atoms with Crippen LogP contribution in [0.5, 0.6) is 0 Å². The lowest BCUT2D eigenvalue weighted by Gasteiger charge is -2.07. The van der Waals surface area contributed by atoms with E-state index in [-0.39, 0.29) is 11.2 Å². The van der Waals surface area contributed by atoms with Crippen LogP contribution in [-0.2, 0) is 4.79 Å². The first kappa shape index (κ1) is 12.3. The number of nitrogens with zero attached hydrogens (tertiary/aromatic N) is 2. The van der Waals surface area contributed by atoms with E-state index >= 15 is 0 Å². The van der Waals surface area contributed by atoms with Crippen molar-refractivity contribution in [3.05, 3.63) is 22.4 Å². The van der Waals surface area contributed by atoms with Crippen LogP contribution in [0.4, 0.5) is 0 Å². The average molecular weight is 267 g/mol. The van der Waals surface area contributed by atoms with E-state index in [1.54, 1.807) is 17.6 Å². The maximum atomic E-state index is 11.6. The Morgan fingerprint density at radius 1 is 1.53 bits per heavy atom. The molecule has 1 aliphatic heterocycles. The van der Waals surface area contributed by atoms with Crippen LogP contribution in [0.3, 0.4) is 0 Å². The maximum absolute atomic E-state index is 11.6. The second-order valence-electron chi connectivity index (χ2n) is 3.94. The number of carbonyl (C=O) groups is 1. The maximum Gasteiger partial charge on any atom is 0.239 e. The Labute approximate surface area is 108 Å². The molecule has 4 nitrogen and oxygen atoms in total. The smallest absolute Gasteiger partial charge is 0.239 e. The fourth-order valence-electron chi connectivity index (χ4n) is 1.37. The molecular formula is C11H13N3OS2. The Hall–Kier alpha value is -1.14. The van der Waals surface area contributed by atoms with Gasteiger partial charge in [0.15, 0.2) is 5.17 Å². The van der Waals surface area contributed by atoms with Crippen LogP contribution >= 0.6 is 23.1 Å². The summed E-state index contributed by atoms with van der Waals surface area (Å²) >= 11 is 3.04. The Morgan fingerprint density at radius 2 is 2.35 bits per heavy atom. The summed E-state index contributed by atoms with van der Waals surface area (Å²) in [4.78, 5) is 12.6. The minimum absolute atomic E-state index is 0.0232. The van der Waals surface area contributed by atoms with Gasteiger partial charge in [-0.25, -0.2) is 0 Å². The normalized spacial score (nSPS) is 22.9. The standard InChI is InChI=1S/C11H13N3OS2/c1-7(2)9-10(15)13-11(17-9)14-12-6-8-4-3-5-16-8/h3-7,9H,1-2H3,(H,13,14,15)/b12-6-/t9-/m1/s1. The molecule has 17 heavy (non-hydrogen) atoms. The number of amides is 1. The molecule has 90 valence electrons. The fraction of sp³-hybridized carbons (Fsp3) is 0.364. The molecule has 1 saturated heterocycles. The van der Waals surface area contributed by atoms with Crippen molar-refractivity contribution < 1.29 is 4.79 Å². The molecule has 1 N–H and O–H groups in total. The van der Waals surface area contributed by atoms with Gasteiger partial charge in [-0.1, -0.05) is 31.7 Å². The van der Waals surface area contributed by atoms with Crippen molar-refractivity contribution in [3.63, 3.8) is 0 Å². The predicted molar refractivity (Wildman–Crippen MR) is 73.7 cm³/mol. The van der Waals surface area contributed by atoms with Gasteiger partial charge in [0.05, 0.1) is 11.5 Å². The fourth-order valence-corrected chi connectivity index (χ4v) is 2.88. The molecular weight excluding hydrogens is 254 g/mol. The van der Waals surface area contributed by atoms with Crippen LogP contribution in [0, 0.1) is 5.92 Å². The molecule has 1 fully saturated rings. The SMILES string of the molecule is CC(C)[C@H]1S/C(=N\N=C/c2cccs2)NC1=O. The molecule has 1 aromatic rings. The van der Waals surface area contributed by atoms with E-state index < -0.39 is 0 Å². The first-order valence-electron chi connectivity index (χ1n) is 5.29. The van der Waals surface area contributed by atoms with Crippen molar-refractivity contribution in [1.82, 2.24) is 5.32 Å². The number of hydrogen-bond acceptors (Lipinski definition) is 5. The third-order valence-corrected chi connectivity index (χ3v) is 4.44. The molecule has 1 aromatic heterocycles. The van der Waals surface area contributed by atoms with Crippen molar-refractivity contribution in [3.8, 4) is 0 Å². The number of rotatable bonds is 3. The number of thiophene rings is 1. The van der Waals surface area contributed by atoms with Crippen LogP contribution in [0.1, 0.15) is 18.7 Å². The van der Waals surface area contributed by atoms with E-state index in [2.05, 4.69) is 15.5 Å². The first-order chi connectivity index (χ1) is 8.16. The quantitative estimate of drug-likeness (QED) is 0.675. The first-order valence-corrected chi connectivity index (χ1v) is 7.05. The molecule has 2 heterocycles. The lowest BCUT2D eigenvalue weighted by Crippen LogP contribution is -2.27. The Bertz CT molecular complexity index is 451. The van der Waals surface area contributed by atoms with Crippen molar-refractivity contribution in [2.75, 3.05) is 0 Å². The van der Waals surface area contributed by atoms with E-state index in [0.717, 1.165) is 4.88 Å². The number of nitrogens with one attached hydrogen (secondary N) is 1. The number of amidine groups is 1. The Kier molecular flexibility index (Phi) is 3.96. The third kappa shape index (κ3) is 3.17. The largest absolute Gasteiger partial charge is 0.303 e. The zero-order valence-electron chi connectivity index (χ0n) is 9.58. The zero-order valence-corrected chi connectivity index (χ0v) is 11.2. The van der Waals surface area contributed by atoms with Gasteiger partial charge < -0.3 is 5.32 Å². The van der Waals surface area contributed by atoms with E-state index in [4.69, 9.17) is 0 Å². The van der Waals surface area contributed by atoms with E-state index in [1.165, 1.54) is 11.8 Å². The van der Waals surface area contributed by atoms with Crippen molar-refractivity contribution in [1.29, 1.82) is 0 Å². The molecule has 0 saturated carbocycles. The zero-order chi connectivity index (χ0) is 12.3. The van der Waals surface area contributed by atoms with Crippen LogP contribution < -0.4 is 5.32 Å². The molecule has 0 spiro atoms. The Morgan fingerprint density at radius 3 is 2.94 bits per heavy atom. The minimum Gasteiger partial charge on any atom is -0.303 e. The molecule has 2 rings (SSSR count). The van der Waals surface area contributed by atoms with Gasteiger partial charge in [-0.05, 0) is 17.4 Å². The molecule has 0 bridgehead atoms. The second kappa shape index (κ2) is 5.46. The van der Waals surface area contributed by atoms with E-state index in [9.17, 15) is 4.79 Å². The second-order valence-corrected chi connectivity index (χ2v) is 6.05. The van der Waals surface area contributed by atoms with E-state index in [1.807, 2.05) is 31.4 Å². The van der Waals surface area contributed by atoms with Gasteiger partial charge in [0.2, 0.25) is 5.91 Å². The monoisotopic (exact) mass is 267 g/mol. The molecule has 0 aromatic carbocycles.